The van der Waals surface area contributed by atoms with Gasteiger partial charge in [-0.15, -0.1) is 0 Å². The zero-order valence-corrected chi connectivity index (χ0v) is 9.50. The summed E-state index contributed by atoms with van der Waals surface area (Å²) in [7, 11) is 1.77. The van der Waals surface area contributed by atoms with Crippen LogP contribution in [0.4, 0.5) is 24.5 Å². The maximum absolute atomic E-state index is 11.8. The van der Waals surface area contributed by atoms with Gasteiger partial charge in [-0.3, -0.25) is 0 Å². The Balaban J connectivity index is 2.33. The molecule has 0 aliphatic heterocycles. The first-order valence-electron chi connectivity index (χ1n) is 5.09. The van der Waals surface area contributed by atoms with Gasteiger partial charge < -0.3 is 15.4 Å². The number of hydrogen-bond acceptors (Lipinski definition) is 3. The molecule has 0 aromatic heterocycles. The SMILES string of the molecule is CN(CCOCC(F)(F)F)c1cccc(N)c1. The minimum absolute atomic E-state index is 0.0187. The molecular formula is C11H15F3N2O. The largest absolute Gasteiger partial charge is 0.411 e. The number of alkyl halides is 3. The quantitative estimate of drug-likeness (QED) is 0.641. The van der Waals surface area contributed by atoms with Gasteiger partial charge in [0.2, 0.25) is 0 Å². The second kappa shape index (κ2) is 5.77. The van der Waals surface area contributed by atoms with E-state index in [-0.39, 0.29) is 6.61 Å². The van der Waals surface area contributed by atoms with Crippen molar-refractivity contribution >= 4 is 11.4 Å². The van der Waals surface area contributed by atoms with Crippen molar-refractivity contribution in [2.75, 3.05) is 37.4 Å². The summed E-state index contributed by atoms with van der Waals surface area (Å²) in [6.45, 7) is -0.817. The van der Waals surface area contributed by atoms with Crippen molar-refractivity contribution in [3.8, 4) is 0 Å². The van der Waals surface area contributed by atoms with E-state index in [4.69, 9.17) is 5.73 Å². The van der Waals surface area contributed by atoms with Crippen LogP contribution in [-0.4, -0.2) is 33.0 Å². The van der Waals surface area contributed by atoms with Crippen LogP contribution >= 0.6 is 0 Å². The zero-order chi connectivity index (χ0) is 12.9. The number of nitrogens with zero attached hydrogens (tertiary/aromatic N) is 1. The van der Waals surface area contributed by atoms with E-state index in [2.05, 4.69) is 4.74 Å². The van der Waals surface area contributed by atoms with Crippen LogP contribution in [0.15, 0.2) is 24.3 Å². The summed E-state index contributed by atoms with van der Waals surface area (Å²) in [5.74, 6) is 0. The van der Waals surface area contributed by atoms with Crippen molar-refractivity contribution in [3.05, 3.63) is 24.3 Å². The summed E-state index contributed by atoms with van der Waals surface area (Å²) in [5.41, 5.74) is 7.07. The lowest BCUT2D eigenvalue weighted by molar-refractivity contribution is -0.173. The lowest BCUT2D eigenvalue weighted by atomic mass is 10.2. The van der Waals surface area contributed by atoms with Crippen molar-refractivity contribution < 1.29 is 17.9 Å². The fourth-order valence-electron chi connectivity index (χ4n) is 1.28. The van der Waals surface area contributed by atoms with Crippen LogP contribution in [0.25, 0.3) is 0 Å². The Morgan fingerprint density at radius 2 is 2.06 bits per heavy atom. The third-order valence-electron chi connectivity index (χ3n) is 2.15. The van der Waals surface area contributed by atoms with Gasteiger partial charge in [-0.1, -0.05) is 6.07 Å². The maximum Gasteiger partial charge on any atom is 0.411 e. The molecule has 0 aliphatic rings. The van der Waals surface area contributed by atoms with Crippen molar-refractivity contribution in [1.82, 2.24) is 0 Å². The highest BCUT2D eigenvalue weighted by Crippen LogP contribution is 2.16. The normalized spacial score (nSPS) is 11.5. The summed E-state index contributed by atoms with van der Waals surface area (Å²) in [6, 6.07) is 7.12. The zero-order valence-electron chi connectivity index (χ0n) is 9.50. The van der Waals surface area contributed by atoms with Gasteiger partial charge in [-0.25, -0.2) is 0 Å². The molecule has 0 spiro atoms. The van der Waals surface area contributed by atoms with Gasteiger partial charge in [-0.05, 0) is 18.2 Å². The van der Waals surface area contributed by atoms with Gasteiger partial charge in [0.25, 0.3) is 0 Å². The van der Waals surface area contributed by atoms with E-state index < -0.39 is 12.8 Å². The molecular weight excluding hydrogens is 233 g/mol. The smallest absolute Gasteiger partial charge is 0.399 e. The Kier molecular flexibility index (Phi) is 4.62. The Morgan fingerprint density at radius 1 is 1.35 bits per heavy atom. The molecule has 1 aromatic rings. The first-order chi connectivity index (χ1) is 7.88. The third kappa shape index (κ3) is 5.44. The molecule has 0 bridgehead atoms. The number of rotatable bonds is 5. The van der Waals surface area contributed by atoms with Gasteiger partial charge in [0.05, 0.1) is 6.61 Å². The fourth-order valence-corrected chi connectivity index (χ4v) is 1.28. The van der Waals surface area contributed by atoms with E-state index in [9.17, 15) is 13.2 Å². The fraction of sp³-hybridized carbons (Fsp3) is 0.455. The van der Waals surface area contributed by atoms with Gasteiger partial charge in [-0.2, -0.15) is 13.2 Å². The summed E-state index contributed by atoms with van der Waals surface area (Å²) in [5, 5.41) is 0. The molecule has 0 atom stereocenters. The molecule has 0 saturated heterocycles. The summed E-state index contributed by atoms with van der Waals surface area (Å²) >= 11 is 0. The van der Waals surface area contributed by atoms with Gasteiger partial charge in [0, 0.05) is 25.0 Å². The predicted octanol–water partition coefficient (Wildman–Crippen LogP) is 2.28. The van der Waals surface area contributed by atoms with E-state index in [1.54, 1.807) is 30.1 Å². The van der Waals surface area contributed by atoms with Gasteiger partial charge in [0.1, 0.15) is 6.61 Å². The molecule has 0 saturated carbocycles. The molecule has 2 N–H and O–H groups in total. The maximum atomic E-state index is 11.8. The van der Waals surface area contributed by atoms with E-state index in [1.807, 2.05) is 6.07 Å². The first-order valence-corrected chi connectivity index (χ1v) is 5.09. The Bertz CT molecular complexity index is 355. The van der Waals surface area contributed by atoms with E-state index >= 15 is 0 Å². The summed E-state index contributed by atoms with van der Waals surface area (Å²) < 4.78 is 39.9. The predicted molar refractivity (Wildman–Crippen MR) is 61.0 cm³/mol. The van der Waals surface area contributed by atoms with Crippen LogP contribution in [0.3, 0.4) is 0 Å². The highest BCUT2D eigenvalue weighted by atomic mass is 19.4. The van der Waals surface area contributed by atoms with Crippen molar-refractivity contribution in [2.45, 2.75) is 6.18 Å². The number of likely N-dealkylation sites (N-methyl/N-ethyl adjacent to an activating group) is 1. The average Bonchev–Trinajstić information content (AvgIpc) is 2.23. The topological polar surface area (TPSA) is 38.5 Å². The molecule has 96 valence electrons. The van der Waals surface area contributed by atoms with E-state index in [0.717, 1.165) is 5.69 Å². The Morgan fingerprint density at radius 3 is 2.65 bits per heavy atom. The molecule has 0 amide bonds. The molecule has 0 fully saturated rings. The standard InChI is InChI=1S/C11H15F3N2O/c1-16(5-6-17-8-11(12,13)14)10-4-2-3-9(15)7-10/h2-4,7H,5-6,8,15H2,1H3. The van der Waals surface area contributed by atoms with E-state index in [0.29, 0.717) is 12.2 Å². The lowest BCUT2D eigenvalue weighted by Crippen LogP contribution is -2.25. The number of nitrogen functional groups attached to an aromatic ring is 1. The molecule has 0 unspecified atom stereocenters. The van der Waals surface area contributed by atoms with Gasteiger partial charge >= 0.3 is 6.18 Å². The van der Waals surface area contributed by atoms with E-state index in [1.165, 1.54) is 0 Å². The number of anilines is 2. The number of hydrogen-bond donors (Lipinski definition) is 1. The van der Waals surface area contributed by atoms with Crippen molar-refractivity contribution in [3.63, 3.8) is 0 Å². The van der Waals surface area contributed by atoms with Crippen molar-refractivity contribution in [2.24, 2.45) is 0 Å². The Labute approximate surface area is 98.0 Å². The third-order valence-corrected chi connectivity index (χ3v) is 2.15. The lowest BCUT2D eigenvalue weighted by Gasteiger charge is -2.19. The second-order valence-corrected chi connectivity index (χ2v) is 3.68. The van der Waals surface area contributed by atoms with Crippen LogP contribution in [0.2, 0.25) is 0 Å². The van der Waals surface area contributed by atoms with Crippen LogP contribution in [0.1, 0.15) is 0 Å². The molecule has 0 radical (unpaired) electrons. The first kappa shape index (κ1) is 13.6. The molecule has 1 rings (SSSR count). The highest BCUT2D eigenvalue weighted by molar-refractivity contribution is 5.55. The highest BCUT2D eigenvalue weighted by Gasteiger charge is 2.27. The van der Waals surface area contributed by atoms with Crippen LogP contribution in [0, 0.1) is 0 Å². The number of benzene rings is 1. The molecule has 0 aliphatic carbocycles. The van der Waals surface area contributed by atoms with Crippen LogP contribution < -0.4 is 10.6 Å². The monoisotopic (exact) mass is 248 g/mol. The van der Waals surface area contributed by atoms with Gasteiger partial charge in [0.15, 0.2) is 0 Å². The minimum atomic E-state index is -4.27. The number of ether oxygens (including phenoxy) is 1. The summed E-state index contributed by atoms with van der Waals surface area (Å²) in [4.78, 5) is 1.78. The Hall–Kier alpha value is -1.43. The minimum Gasteiger partial charge on any atom is -0.399 e. The number of halogens is 3. The molecule has 0 heterocycles. The number of nitrogens with two attached hydrogens (primary N) is 1. The molecule has 6 heteroatoms. The molecule has 17 heavy (non-hydrogen) atoms. The van der Waals surface area contributed by atoms with Crippen LogP contribution in [-0.2, 0) is 4.74 Å². The average molecular weight is 248 g/mol. The summed E-state index contributed by atoms with van der Waals surface area (Å²) in [6.07, 6.45) is -4.27. The molecule has 1 aromatic carbocycles. The molecule has 3 nitrogen and oxygen atoms in total. The van der Waals surface area contributed by atoms with Crippen molar-refractivity contribution in [1.29, 1.82) is 0 Å². The second-order valence-electron chi connectivity index (χ2n) is 3.68. The van der Waals surface area contributed by atoms with Crippen LogP contribution in [0.5, 0.6) is 0 Å².